The monoisotopic (exact) mass is 264 g/mol. The van der Waals surface area contributed by atoms with Crippen LogP contribution in [0.15, 0.2) is 24.3 Å². The van der Waals surface area contributed by atoms with Crippen LogP contribution >= 0.6 is 0 Å². The molecule has 0 bridgehead atoms. The topological polar surface area (TPSA) is 47.7 Å². The van der Waals surface area contributed by atoms with Crippen LogP contribution in [0.25, 0.3) is 0 Å². The molecule has 0 spiro atoms. The van der Waals surface area contributed by atoms with Crippen LogP contribution in [0.2, 0.25) is 0 Å². The van der Waals surface area contributed by atoms with Crippen molar-refractivity contribution in [3.05, 3.63) is 35.4 Å². The molecule has 1 heterocycles. The highest BCUT2D eigenvalue weighted by atomic mass is 16.5. The fraction of sp³-hybridized carbons (Fsp3) is 0.600. The maximum absolute atomic E-state index is 6.28. The Labute approximate surface area is 115 Å². The number of rotatable bonds is 6. The molecule has 0 saturated carbocycles. The Morgan fingerprint density at radius 1 is 1.32 bits per heavy atom. The highest BCUT2D eigenvalue weighted by molar-refractivity contribution is 5.27. The Hall–Kier alpha value is -0.940. The summed E-state index contributed by atoms with van der Waals surface area (Å²) in [4.78, 5) is 2.42. The van der Waals surface area contributed by atoms with E-state index in [9.17, 15) is 0 Å². The van der Waals surface area contributed by atoms with Gasteiger partial charge in [-0.2, -0.15) is 0 Å². The van der Waals surface area contributed by atoms with Crippen molar-refractivity contribution >= 4 is 0 Å². The first-order valence-electron chi connectivity index (χ1n) is 6.82. The zero-order valence-electron chi connectivity index (χ0n) is 11.8. The molecule has 19 heavy (non-hydrogen) atoms. The van der Waals surface area contributed by atoms with Crippen LogP contribution in [-0.4, -0.2) is 44.9 Å². The minimum Gasteiger partial charge on any atom is -0.383 e. The number of likely N-dealkylation sites (tertiary alicyclic amines) is 1. The van der Waals surface area contributed by atoms with Gasteiger partial charge in [-0.15, -0.1) is 0 Å². The van der Waals surface area contributed by atoms with Crippen LogP contribution in [0, 0.1) is 0 Å². The van der Waals surface area contributed by atoms with E-state index in [-0.39, 0.29) is 6.04 Å². The molecule has 4 nitrogen and oxygen atoms in total. The van der Waals surface area contributed by atoms with Crippen LogP contribution in [0.1, 0.15) is 23.6 Å². The average Bonchev–Trinajstić information content (AvgIpc) is 2.78. The molecule has 2 unspecified atom stereocenters. The summed E-state index contributed by atoms with van der Waals surface area (Å²) in [6.45, 7) is 3.38. The van der Waals surface area contributed by atoms with Gasteiger partial charge in [0, 0.05) is 33.4 Å². The molecule has 0 aromatic heterocycles. The van der Waals surface area contributed by atoms with Crippen molar-refractivity contribution in [3.63, 3.8) is 0 Å². The Balaban J connectivity index is 2.14. The Kier molecular flexibility index (Phi) is 5.34. The van der Waals surface area contributed by atoms with E-state index in [0.717, 1.165) is 26.1 Å². The quantitative estimate of drug-likeness (QED) is 0.847. The van der Waals surface area contributed by atoms with Crippen LogP contribution in [0.5, 0.6) is 0 Å². The molecule has 1 aromatic carbocycles. The molecular weight excluding hydrogens is 240 g/mol. The highest BCUT2D eigenvalue weighted by Gasteiger charge is 2.32. The van der Waals surface area contributed by atoms with Crippen LogP contribution in [-0.2, 0) is 16.1 Å². The third-order valence-electron chi connectivity index (χ3n) is 3.73. The fourth-order valence-electron chi connectivity index (χ4n) is 2.83. The van der Waals surface area contributed by atoms with E-state index in [2.05, 4.69) is 29.2 Å². The van der Waals surface area contributed by atoms with Crippen LogP contribution < -0.4 is 5.73 Å². The second-order valence-electron chi connectivity index (χ2n) is 5.10. The number of nitrogens with zero attached hydrogens (tertiary/aromatic N) is 1. The van der Waals surface area contributed by atoms with E-state index in [1.165, 1.54) is 11.1 Å². The Morgan fingerprint density at radius 3 is 2.89 bits per heavy atom. The average molecular weight is 264 g/mol. The summed E-state index contributed by atoms with van der Waals surface area (Å²) in [7, 11) is 3.46. The number of nitrogens with two attached hydrogens (primary N) is 1. The van der Waals surface area contributed by atoms with E-state index >= 15 is 0 Å². The molecule has 106 valence electrons. The molecule has 1 aliphatic rings. The zero-order valence-corrected chi connectivity index (χ0v) is 11.8. The maximum Gasteiger partial charge on any atom is 0.0713 e. The Morgan fingerprint density at radius 2 is 2.16 bits per heavy atom. The van der Waals surface area contributed by atoms with Crippen LogP contribution in [0.3, 0.4) is 0 Å². The van der Waals surface area contributed by atoms with Crippen molar-refractivity contribution in [3.8, 4) is 0 Å². The number of ether oxygens (including phenoxy) is 2. The van der Waals surface area contributed by atoms with E-state index in [1.54, 1.807) is 14.2 Å². The number of methoxy groups -OCH3 is 2. The molecular formula is C15H24N2O2. The van der Waals surface area contributed by atoms with Crippen molar-refractivity contribution in [2.24, 2.45) is 5.73 Å². The third-order valence-corrected chi connectivity index (χ3v) is 3.73. The number of benzene rings is 1. The van der Waals surface area contributed by atoms with Gasteiger partial charge in [-0.3, -0.25) is 4.90 Å². The summed E-state index contributed by atoms with van der Waals surface area (Å²) in [5, 5.41) is 0. The molecule has 1 aliphatic heterocycles. The Bertz CT molecular complexity index is 397. The SMILES string of the molecule is COCCN1CCC(N)C1c1cccc(COC)c1. The highest BCUT2D eigenvalue weighted by Crippen LogP contribution is 2.31. The summed E-state index contributed by atoms with van der Waals surface area (Å²) in [5.74, 6) is 0. The van der Waals surface area contributed by atoms with Crippen molar-refractivity contribution in [1.82, 2.24) is 4.90 Å². The van der Waals surface area contributed by atoms with Crippen molar-refractivity contribution in [2.45, 2.75) is 25.1 Å². The lowest BCUT2D eigenvalue weighted by molar-refractivity contribution is 0.139. The molecule has 2 N–H and O–H groups in total. The van der Waals surface area contributed by atoms with E-state index in [4.69, 9.17) is 15.2 Å². The van der Waals surface area contributed by atoms with Gasteiger partial charge in [0.05, 0.1) is 19.3 Å². The van der Waals surface area contributed by atoms with Gasteiger partial charge in [0.15, 0.2) is 0 Å². The molecule has 0 radical (unpaired) electrons. The summed E-state index contributed by atoms with van der Waals surface area (Å²) >= 11 is 0. The van der Waals surface area contributed by atoms with Gasteiger partial charge < -0.3 is 15.2 Å². The van der Waals surface area contributed by atoms with Gasteiger partial charge >= 0.3 is 0 Å². The molecule has 0 amide bonds. The van der Waals surface area contributed by atoms with Gasteiger partial charge in [-0.25, -0.2) is 0 Å². The number of hydrogen-bond acceptors (Lipinski definition) is 4. The second-order valence-corrected chi connectivity index (χ2v) is 5.10. The van der Waals surface area contributed by atoms with Gasteiger partial charge in [0.25, 0.3) is 0 Å². The van der Waals surface area contributed by atoms with Crippen molar-refractivity contribution in [2.75, 3.05) is 33.9 Å². The first-order chi connectivity index (χ1) is 9.26. The van der Waals surface area contributed by atoms with Gasteiger partial charge in [0.2, 0.25) is 0 Å². The van der Waals surface area contributed by atoms with Crippen molar-refractivity contribution in [1.29, 1.82) is 0 Å². The lowest BCUT2D eigenvalue weighted by Crippen LogP contribution is -2.33. The molecule has 4 heteroatoms. The minimum atomic E-state index is 0.203. The number of hydrogen-bond donors (Lipinski definition) is 1. The van der Waals surface area contributed by atoms with E-state index in [1.807, 2.05) is 0 Å². The minimum absolute atomic E-state index is 0.203. The molecule has 1 aromatic rings. The predicted octanol–water partition coefficient (Wildman–Crippen LogP) is 1.55. The fourth-order valence-corrected chi connectivity index (χ4v) is 2.83. The first kappa shape index (κ1) is 14.5. The summed E-state index contributed by atoms with van der Waals surface area (Å²) < 4.78 is 10.4. The standard InChI is InChI=1S/C15H24N2O2/c1-18-9-8-17-7-6-14(16)15(17)13-5-3-4-12(10-13)11-19-2/h3-5,10,14-15H,6-9,11,16H2,1-2H3. The lowest BCUT2D eigenvalue weighted by atomic mass is 9.99. The smallest absolute Gasteiger partial charge is 0.0713 e. The molecule has 2 rings (SSSR count). The third kappa shape index (κ3) is 3.54. The maximum atomic E-state index is 6.28. The molecule has 0 aliphatic carbocycles. The normalized spacial score (nSPS) is 23.9. The largest absolute Gasteiger partial charge is 0.383 e. The van der Waals surface area contributed by atoms with E-state index in [0.29, 0.717) is 12.6 Å². The van der Waals surface area contributed by atoms with Gasteiger partial charge in [-0.1, -0.05) is 24.3 Å². The van der Waals surface area contributed by atoms with Gasteiger partial charge in [0.1, 0.15) is 0 Å². The van der Waals surface area contributed by atoms with E-state index < -0.39 is 0 Å². The summed E-state index contributed by atoms with van der Waals surface area (Å²) in [6.07, 6.45) is 1.04. The summed E-state index contributed by atoms with van der Waals surface area (Å²) in [5.41, 5.74) is 8.77. The molecule has 1 saturated heterocycles. The summed E-state index contributed by atoms with van der Waals surface area (Å²) in [6, 6.07) is 9.05. The second kappa shape index (κ2) is 7.01. The molecule has 1 fully saturated rings. The van der Waals surface area contributed by atoms with Crippen molar-refractivity contribution < 1.29 is 9.47 Å². The zero-order chi connectivity index (χ0) is 13.7. The predicted molar refractivity (Wildman–Crippen MR) is 75.9 cm³/mol. The molecule has 2 atom stereocenters. The van der Waals surface area contributed by atoms with Gasteiger partial charge in [-0.05, 0) is 17.5 Å². The first-order valence-corrected chi connectivity index (χ1v) is 6.82. The van der Waals surface area contributed by atoms with Crippen LogP contribution in [0.4, 0.5) is 0 Å². The lowest BCUT2D eigenvalue weighted by Gasteiger charge is -2.27.